The van der Waals surface area contributed by atoms with Crippen LogP contribution in [0.5, 0.6) is 23.0 Å². The maximum Gasteiger partial charge on any atom is 0.169 e. The van der Waals surface area contributed by atoms with Gasteiger partial charge in [-0.15, -0.1) is 0 Å². The number of benzene rings is 2. The summed E-state index contributed by atoms with van der Waals surface area (Å²) in [6.45, 7) is 2.13. The SMILES string of the molecule is COC1=CC=C2[C@H]3Cc4ccc(OC)c5c4[C@@]2(CCN3C)[C@H]1O5.COc1ccc2c3c1O[C@H]1[C@@H](O)C=C[C@H]4[C@@H](C2)N(C)CC[C@@]341. The van der Waals surface area contributed by atoms with Gasteiger partial charge in [0.15, 0.2) is 29.1 Å². The molecule has 0 saturated carbocycles. The molecule has 2 spiro atoms. The Morgan fingerprint density at radius 2 is 1.51 bits per heavy atom. The number of likely N-dealkylation sites (tertiary alicyclic amines) is 2. The maximum absolute atomic E-state index is 10.6. The van der Waals surface area contributed by atoms with Gasteiger partial charge >= 0.3 is 0 Å². The predicted octanol–water partition coefficient (Wildman–Crippen LogP) is 3.93. The molecule has 4 aliphatic carbocycles. The number of aliphatic hydroxyl groups is 1. The van der Waals surface area contributed by atoms with Gasteiger partial charge in [-0.2, -0.15) is 0 Å². The Morgan fingerprint density at radius 1 is 0.800 bits per heavy atom. The second-order valence-corrected chi connectivity index (χ2v) is 14.1. The normalized spacial score (nSPS) is 37.1. The van der Waals surface area contributed by atoms with Crippen LogP contribution in [0.15, 0.2) is 59.9 Å². The summed E-state index contributed by atoms with van der Waals surface area (Å²) < 4.78 is 29.6. The van der Waals surface area contributed by atoms with Crippen molar-refractivity contribution in [2.75, 3.05) is 48.5 Å². The van der Waals surface area contributed by atoms with Gasteiger partial charge in [0, 0.05) is 34.5 Å². The summed E-state index contributed by atoms with van der Waals surface area (Å²) in [6.07, 6.45) is 11.9. The van der Waals surface area contributed by atoms with E-state index in [1.54, 1.807) is 21.3 Å². The lowest BCUT2D eigenvalue weighted by Gasteiger charge is -2.56. The van der Waals surface area contributed by atoms with Crippen molar-refractivity contribution in [3.63, 3.8) is 0 Å². The Hall–Kier alpha value is -3.46. The number of hydrogen-bond acceptors (Lipinski definition) is 8. The van der Waals surface area contributed by atoms with Gasteiger partial charge < -0.3 is 33.7 Å². The van der Waals surface area contributed by atoms with E-state index in [1.807, 2.05) is 18.2 Å². The molecule has 8 aliphatic rings. The van der Waals surface area contributed by atoms with Crippen molar-refractivity contribution in [2.24, 2.45) is 5.92 Å². The van der Waals surface area contributed by atoms with Crippen LogP contribution in [0.2, 0.25) is 0 Å². The molecule has 2 fully saturated rings. The molecule has 1 N–H and O–H groups in total. The minimum absolute atomic E-state index is 0.0611. The molecule has 2 saturated heterocycles. The molecule has 8 nitrogen and oxygen atoms in total. The van der Waals surface area contributed by atoms with Crippen LogP contribution in [-0.2, 0) is 28.4 Å². The Labute approximate surface area is 264 Å². The second kappa shape index (κ2) is 9.53. The van der Waals surface area contributed by atoms with E-state index in [0.717, 1.165) is 67.5 Å². The van der Waals surface area contributed by atoms with Gasteiger partial charge in [0.1, 0.15) is 18.0 Å². The molecule has 8 heteroatoms. The fraction of sp³-hybridized carbons (Fsp3) is 0.514. The van der Waals surface area contributed by atoms with Crippen molar-refractivity contribution >= 4 is 0 Å². The fourth-order valence-electron chi connectivity index (χ4n) is 10.5. The molecule has 0 aromatic heterocycles. The van der Waals surface area contributed by atoms with Crippen molar-refractivity contribution < 1.29 is 28.8 Å². The molecular formula is C37H42N2O6. The third-order valence-corrected chi connectivity index (χ3v) is 12.5. The Kier molecular flexibility index (Phi) is 5.89. The number of likely N-dealkylation sites (N-methyl/N-ethyl adjacent to an activating group) is 2. The zero-order valence-electron chi connectivity index (χ0n) is 26.7. The van der Waals surface area contributed by atoms with Crippen molar-refractivity contribution in [1.29, 1.82) is 0 Å². The molecule has 0 unspecified atom stereocenters. The largest absolute Gasteiger partial charge is 0.497 e. The lowest BCUT2D eigenvalue weighted by Crippen LogP contribution is -2.64. The average molecular weight is 611 g/mol. The van der Waals surface area contributed by atoms with Gasteiger partial charge in [0.05, 0.1) is 26.7 Å². The van der Waals surface area contributed by atoms with E-state index in [1.165, 1.54) is 27.8 Å². The molecule has 0 radical (unpaired) electrons. The van der Waals surface area contributed by atoms with Crippen LogP contribution in [0.4, 0.5) is 0 Å². The number of rotatable bonds is 3. The fourth-order valence-corrected chi connectivity index (χ4v) is 10.5. The zero-order chi connectivity index (χ0) is 30.8. The molecule has 2 aromatic carbocycles. The third-order valence-electron chi connectivity index (χ3n) is 12.5. The molecule has 10 rings (SSSR count). The first-order valence-electron chi connectivity index (χ1n) is 16.3. The third kappa shape index (κ3) is 3.33. The second-order valence-electron chi connectivity index (χ2n) is 14.1. The molecular weight excluding hydrogens is 568 g/mol. The zero-order valence-corrected chi connectivity index (χ0v) is 26.7. The summed E-state index contributed by atoms with van der Waals surface area (Å²) >= 11 is 0. The van der Waals surface area contributed by atoms with Gasteiger partial charge in [0.2, 0.25) is 0 Å². The van der Waals surface area contributed by atoms with E-state index >= 15 is 0 Å². The van der Waals surface area contributed by atoms with Crippen LogP contribution >= 0.6 is 0 Å². The van der Waals surface area contributed by atoms with E-state index in [2.05, 4.69) is 54.3 Å². The Balaban J connectivity index is 0.000000125. The molecule has 2 aromatic rings. The monoisotopic (exact) mass is 610 g/mol. The smallest absolute Gasteiger partial charge is 0.169 e. The van der Waals surface area contributed by atoms with Gasteiger partial charge in [-0.05, 0) is 87.8 Å². The van der Waals surface area contributed by atoms with Crippen LogP contribution in [0, 0.1) is 5.92 Å². The minimum atomic E-state index is -0.539. The van der Waals surface area contributed by atoms with E-state index in [4.69, 9.17) is 23.7 Å². The molecule has 45 heavy (non-hydrogen) atoms. The molecule has 4 aliphatic heterocycles. The Morgan fingerprint density at radius 3 is 2.24 bits per heavy atom. The lowest BCUT2D eigenvalue weighted by atomic mass is 9.53. The van der Waals surface area contributed by atoms with Gasteiger partial charge in [0.25, 0.3) is 0 Å². The first-order valence-corrected chi connectivity index (χ1v) is 16.3. The molecule has 0 amide bonds. The summed E-state index contributed by atoms with van der Waals surface area (Å²) in [5.41, 5.74) is 6.76. The van der Waals surface area contributed by atoms with Crippen LogP contribution in [-0.4, -0.2) is 93.8 Å². The first kappa shape index (κ1) is 27.8. The Bertz CT molecular complexity index is 1700. The number of nitrogens with zero attached hydrogens (tertiary/aromatic N) is 2. The summed E-state index contributed by atoms with van der Waals surface area (Å²) in [4.78, 5) is 4.95. The molecule has 4 heterocycles. The summed E-state index contributed by atoms with van der Waals surface area (Å²) in [5.74, 6) is 4.77. The highest BCUT2D eigenvalue weighted by atomic mass is 16.6. The average Bonchev–Trinajstić information content (AvgIpc) is 3.59. The van der Waals surface area contributed by atoms with E-state index in [9.17, 15) is 5.11 Å². The summed E-state index contributed by atoms with van der Waals surface area (Å²) in [7, 11) is 9.59. The number of ether oxygens (including phenoxy) is 5. The quantitative estimate of drug-likeness (QED) is 0.525. The molecule has 236 valence electrons. The van der Waals surface area contributed by atoms with Crippen molar-refractivity contribution in [3.8, 4) is 23.0 Å². The van der Waals surface area contributed by atoms with Crippen LogP contribution < -0.4 is 18.9 Å². The summed E-state index contributed by atoms with van der Waals surface area (Å²) in [6, 6.07) is 9.42. The van der Waals surface area contributed by atoms with Gasteiger partial charge in [-0.25, -0.2) is 0 Å². The lowest BCUT2D eigenvalue weighted by molar-refractivity contribution is -0.0453. The topological polar surface area (TPSA) is 72.9 Å². The van der Waals surface area contributed by atoms with Crippen LogP contribution in [0.1, 0.15) is 35.1 Å². The minimum Gasteiger partial charge on any atom is -0.497 e. The highest BCUT2D eigenvalue weighted by molar-refractivity contribution is 5.68. The van der Waals surface area contributed by atoms with Crippen molar-refractivity contribution in [2.45, 2.75) is 66.9 Å². The summed E-state index contributed by atoms with van der Waals surface area (Å²) in [5, 5.41) is 10.6. The van der Waals surface area contributed by atoms with Crippen LogP contribution in [0.3, 0.4) is 0 Å². The molecule has 4 bridgehead atoms. The van der Waals surface area contributed by atoms with Crippen LogP contribution in [0.25, 0.3) is 0 Å². The number of allylic oxidation sites excluding steroid dienone is 2. The highest BCUT2D eigenvalue weighted by Gasteiger charge is 2.65. The van der Waals surface area contributed by atoms with E-state index < -0.39 is 6.10 Å². The predicted molar refractivity (Wildman–Crippen MR) is 169 cm³/mol. The van der Waals surface area contributed by atoms with Gasteiger partial charge in [-0.1, -0.05) is 30.4 Å². The number of aliphatic hydroxyl groups excluding tert-OH is 1. The highest BCUT2D eigenvalue weighted by Crippen LogP contribution is 2.64. The van der Waals surface area contributed by atoms with E-state index in [-0.39, 0.29) is 23.0 Å². The maximum atomic E-state index is 10.6. The van der Waals surface area contributed by atoms with Crippen molar-refractivity contribution in [1.82, 2.24) is 9.80 Å². The number of methoxy groups -OCH3 is 3. The van der Waals surface area contributed by atoms with E-state index in [0.29, 0.717) is 18.0 Å². The standard InChI is InChI=1S/C19H21NO3.C18H21NO3/c1-20-9-8-19-12-5-7-15(22-3)18(19)23-17-14(21-2)6-4-11(16(17)19)10-13(12)20;1-19-8-7-18-11-4-5-13(20)17(18)22-16-14(21-2)6-3-10(15(16)18)9-12(11)19/h4-7,13,18H,8-10H2,1-3H3;3-6,11-13,17,20H,7-9H2,1-2H3/t13-,18+,19+;11-,12+,13-,17-,18-/m10/s1. The number of piperidine rings is 2. The molecule has 8 atom stereocenters. The first-order chi connectivity index (χ1) is 21.9. The van der Waals surface area contributed by atoms with Gasteiger partial charge in [-0.3, -0.25) is 4.90 Å². The van der Waals surface area contributed by atoms with Crippen molar-refractivity contribution in [3.05, 3.63) is 82.2 Å². The number of hydrogen-bond donors (Lipinski definition) is 1.